The Bertz CT molecular complexity index is 596. The lowest BCUT2D eigenvalue weighted by Crippen LogP contribution is -2.59. The van der Waals surface area contributed by atoms with Crippen LogP contribution in [0.3, 0.4) is 0 Å². The van der Waals surface area contributed by atoms with E-state index in [0.717, 1.165) is 6.42 Å². The average molecular weight is 313 g/mol. The molecule has 1 aromatic carbocycles. The van der Waals surface area contributed by atoms with Gasteiger partial charge in [-0.05, 0) is 12.0 Å². The van der Waals surface area contributed by atoms with Gasteiger partial charge in [-0.1, -0.05) is 19.1 Å². The number of hydrogen-bond donors (Lipinski definition) is 1. The van der Waals surface area contributed by atoms with E-state index in [0.29, 0.717) is 25.2 Å². The van der Waals surface area contributed by atoms with Gasteiger partial charge >= 0.3 is 0 Å². The summed E-state index contributed by atoms with van der Waals surface area (Å²) in [5.74, 6) is -0.124. The van der Waals surface area contributed by atoms with Crippen LogP contribution in [0.4, 0.5) is 5.69 Å². The summed E-state index contributed by atoms with van der Waals surface area (Å²) in [4.78, 5) is 10.1. The SMILES string of the molecule is CCCN(C1CNC1)S(=O)(=O)Cc1ccc([N+](=O)[O-])cc1. The second-order valence-electron chi connectivity index (χ2n) is 5.10. The van der Waals surface area contributed by atoms with Crippen molar-refractivity contribution in [2.75, 3.05) is 19.6 Å². The molecule has 0 atom stereocenters. The molecule has 1 aliphatic rings. The number of sulfonamides is 1. The Balaban J connectivity index is 2.12. The molecule has 0 bridgehead atoms. The lowest BCUT2D eigenvalue weighted by molar-refractivity contribution is -0.384. The van der Waals surface area contributed by atoms with E-state index < -0.39 is 14.9 Å². The zero-order chi connectivity index (χ0) is 15.5. The standard InChI is InChI=1S/C13H19N3O4S/c1-2-7-15(13-8-14-9-13)21(19,20)10-11-3-5-12(6-4-11)16(17)18/h3-6,13-14H,2,7-10H2,1H3. The maximum Gasteiger partial charge on any atom is 0.269 e. The first-order chi connectivity index (χ1) is 9.94. The number of hydrogen-bond acceptors (Lipinski definition) is 5. The molecule has 1 fully saturated rings. The summed E-state index contributed by atoms with van der Waals surface area (Å²) < 4.78 is 26.6. The molecule has 0 aliphatic carbocycles. The maximum atomic E-state index is 12.5. The van der Waals surface area contributed by atoms with Gasteiger partial charge in [0.1, 0.15) is 0 Å². The van der Waals surface area contributed by atoms with E-state index in [-0.39, 0.29) is 17.5 Å². The maximum absolute atomic E-state index is 12.5. The van der Waals surface area contributed by atoms with Gasteiger partial charge in [-0.15, -0.1) is 0 Å². The zero-order valence-corrected chi connectivity index (χ0v) is 12.7. The third-order valence-corrected chi connectivity index (χ3v) is 5.36. The predicted octanol–water partition coefficient (Wildman–Crippen LogP) is 1.11. The number of nitro groups is 1. The second-order valence-corrected chi connectivity index (χ2v) is 7.02. The zero-order valence-electron chi connectivity index (χ0n) is 11.9. The smallest absolute Gasteiger partial charge is 0.269 e. The number of non-ortho nitro benzene ring substituents is 1. The Morgan fingerprint density at radius 2 is 1.95 bits per heavy atom. The van der Waals surface area contributed by atoms with E-state index in [9.17, 15) is 18.5 Å². The summed E-state index contributed by atoms with van der Waals surface area (Å²) in [7, 11) is -3.41. The van der Waals surface area contributed by atoms with E-state index in [1.54, 1.807) is 4.31 Å². The highest BCUT2D eigenvalue weighted by Crippen LogP contribution is 2.19. The Hall–Kier alpha value is -1.51. The second kappa shape index (κ2) is 6.50. The Morgan fingerprint density at radius 3 is 2.38 bits per heavy atom. The topological polar surface area (TPSA) is 92.6 Å². The fourth-order valence-corrected chi connectivity index (χ4v) is 4.10. The minimum atomic E-state index is -3.41. The number of nitrogens with one attached hydrogen (secondary N) is 1. The van der Waals surface area contributed by atoms with Gasteiger partial charge in [-0.25, -0.2) is 8.42 Å². The van der Waals surface area contributed by atoms with Crippen molar-refractivity contribution in [2.45, 2.75) is 25.1 Å². The van der Waals surface area contributed by atoms with Crippen LogP contribution in [0.15, 0.2) is 24.3 Å². The molecule has 1 saturated heterocycles. The molecular weight excluding hydrogens is 294 g/mol. The van der Waals surface area contributed by atoms with E-state index in [4.69, 9.17) is 0 Å². The average Bonchev–Trinajstić information content (AvgIpc) is 2.36. The van der Waals surface area contributed by atoms with Crippen molar-refractivity contribution in [3.05, 3.63) is 39.9 Å². The summed E-state index contributed by atoms with van der Waals surface area (Å²) in [6.45, 7) is 3.81. The molecule has 1 N–H and O–H groups in total. The quantitative estimate of drug-likeness (QED) is 0.601. The van der Waals surface area contributed by atoms with Crippen LogP contribution in [0.25, 0.3) is 0 Å². The van der Waals surface area contributed by atoms with Gasteiger partial charge in [0.25, 0.3) is 5.69 Å². The highest BCUT2D eigenvalue weighted by molar-refractivity contribution is 7.88. The molecule has 0 unspecified atom stereocenters. The van der Waals surface area contributed by atoms with Crippen LogP contribution in [0.2, 0.25) is 0 Å². The first kappa shape index (κ1) is 15.9. The van der Waals surface area contributed by atoms with Crippen molar-refractivity contribution in [3.8, 4) is 0 Å². The molecule has 7 nitrogen and oxygen atoms in total. The van der Waals surface area contributed by atoms with Crippen molar-refractivity contribution in [3.63, 3.8) is 0 Å². The highest BCUT2D eigenvalue weighted by atomic mass is 32.2. The third-order valence-electron chi connectivity index (χ3n) is 3.46. The van der Waals surface area contributed by atoms with Crippen LogP contribution in [0.5, 0.6) is 0 Å². The molecule has 116 valence electrons. The molecule has 0 amide bonds. The van der Waals surface area contributed by atoms with Crippen molar-refractivity contribution in [2.24, 2.45) is 0 Å². The monoisotopic (exact) mass is 313 g/mol. The lowest BCUT2D eigenvalue weighted by Gasteiger charge is -2.37. The minimum Gasteiger partial charge on any atom is -0.313 e. The van der Waals surface area contributed by atoms with Crippen LogP contribution in [-0.4, -0.2) is 43.3 Å². The van der Waals surface area contributed by atoms with Gasteiger partial charge in [0.2, 0.25) is 10.0 Å². The van der Waals surface area contributed by atoms with Crippen LogP contribution < -0.4 is 5.32 Å². The summed E-state index contributed by atoms with van der Waals surface area (Å²) in [6.07, 6.45) is 0.760. The summed E-state index contributed by atoms with van der Waals surface area (Å²) in [6, 6.07) is 5.69. The predicted molar refractivity (Wildman–Crippen MR) is 79.4 cm³/mol. The number of rotatable bonds is 7. The van der Waals surface area contributed by atoms with Gasteiger partial charge in [-0.2, -0.15) is 4.31 Å². The van der Waals surface area contributed by atoms with Crippen molar-refractivity contribution in [1.29, 1.82) is 0 Å². The van der Waals surface area contributed by atoms with Crippen LogP contribution in [-0.2, 0) is 15.8 Å². The molecule has 21 heavy (non-hydrogen) atoms. The third kappa shape index (κ3) is 3.78. The number of benzene rings is 1. The van der Waals surface area contributed by atoms with E-state index >= 15 is 0 Å². The summed E-state index contributed by atoms with van der Waals surface area (Å²) >= 11 is 0. The van der Waals surface area contributed by atoms with Crippen LogP contribution in [0.1, 0.15) is 18.9 Å². The Labute approximate surface area is 124 Å². The molecule has 1 aromatic rings. The molecule has 0 radical (unpaired) electrons. The molecule has 8 heteroatoms. The van der Waals surface area contributed by atoms with Gasteiger partial charge in [0.15, 0.2) is 0 Å². The molecule has 0 aromatic heterocycles. The fraction of sp³-hybridized carbons (Fsp3) is 0.538. The molecule has 1 heterocycles. The number of nitro benzene ring substituents is 1. The van der Waals surface area contributed by atoms with Crippen molar-refractivity contribution < 1.29 is 13.3 Å². The highest BCUT2D eigenvalue weighted by Gasteiger charge is 2.33. The van der Waals surface area contributed by atoms with E-state index in [1.807, 2.05) is 6.92 Å². The minimum absolute atomic E-state index is 0.0213. The lowest BCUT2D eigenvalue weighted by atomic mass is 10.2. The Kier molecular flexibility index (Phi) is 4.92. The van der Waals surface area contributed by atoms with Gasteiger partial charge in [0.05, 0.1) is 10.7 Å². The molecule has 1 aliphatic heterocycles. The molecule has 2 rings (SSSR count). The van der Waals surface area contributed by atoms with Crippen LogP contribution in [0, 0.1) is 10.1 Å². The fourth-order valence-electron chi connectivity index (χ4n) is 2.25. The largest absolute Gasteiger partial charge is 0.313 e. The van der Waals surface area contributed by atoms with Crippen molar-refractivity contribution in [1.82, 2.24) is 9.62 Å². The number of nitrogens with zero attached hydrogens (tertiary/aromatic N) is 2. The van der Waals surface area contributed by atoms with Crippen molar-refractivity contribution >= 4 is 15.7 Å². The first-order valence-electron chi connectivity index (χ1n) is 6.87. The van der Waals surface area contributed by atoms with Gasteiger partial charge in [-0.3, -0.25) is 10.1 Å². The van der Waals surface area contributed by atoms with Crippen LogP contribution >= 0.6 is 0 Å². The molecule has 0 saturated carbocycles. The van der Waals surface area contributed by atoms with Gasteiger partial charge < -0.3 is 5.32 Å². The Morgan fingerprint density at radius 1 is 1.33 bits per heavy atom. The first-order valence-corrected chi connectivity index (χ1v) is 8.48. The van der Waals surface area contributed by atoms with Gasteiger partial charge in [0, 0.05) is 37.8 Å². The molecular formula is C13H19N3O4S. The van der Waals surface area contributed by atoms with E-state index in [2.05, 4.69) is 5.32 Å². The normalized spacial score (nSPS) is 15.9. The molecule has 0 spiro atoms. The van der Waals surface area contributed by atoms with E-state index in [1.165, 1.54) is 24.3 Å². The summed E-state index contributed by atoms with van der Waals surface area (Å²) in [5, 5.41) is 13.7. The summed E-state index contributed by atoms with van der Waals surface area (Å²) in [5.41, 5.74) is 0.527.